The van der Waals surface area contributed by atoms with E-state index in [0.717, 1.165) is 0 Å². The van der Waals surface area contributed by atoms with Crippen molar-refractivity contribution in [1.82, 2.24) is 5.32 Å². The highest BCUT2D eigenvalue weighted by atomic mass is 35.5. The molecule has 0 aliphatic carbocycles. The quantitative estimate of drug-likeness (QED) is 0.831. The minimum Gasteiger partial charge on any atom is -0.484 e. The van der Waals surface area contributed by atoms with Gasteiger partial charge in [-0.25, -0.2) is 4.79 Å². The maximum atomic E-state index is 11.8. The molecule has 2 atom stereocenters. The van der Waals surface area contributed by atoms with E-state index in [9.17, 15) is 9.59 Å². The van der Waals surface area contributed by atoms with Gasteiger partial charge in [0.05, 0.1) is 19.8 Å². The van der Waals surface area contributed by atoms with Crippen molar-refractivity contribution in [3.05, 3.63) is 29.3 Å². The zero-order valence-electron chi connectivity index (χ0n) is 12.2. The number of amides is 1. The fourth-order valence-corrected chi connectivity index (χ4v) is 2.26. The summed E-state index contributed by atoms with van der Waals surface area (Å²) in [6.07, 6.45) is 0.644. The molecule has 1 aromatic rings. The molecule has 22 heavy (non-hydrogen) atoms. The van der Waals surface area contributed by atoms with Gasteiger partial charge in [-0.05, 0) is 37.1 Å². The van der Waals surface area contributed by atoms with E-state index < -0.39 is 6.10 Å². The molecule has 120 valence electrons. The molecule has 0 unspecified atom stereocenters. The van der Waals surface area contributed by atoms with Crippen molar-refractivity contribution >= 4 is 23.5 Å². The Morgan fingerprint density at radius 1 is 1.32 bits per heavy atom. The Labute approximate surface area is 133 Å². The van der Waals surface area contributed by atoms with E-state index in [1.807, 2.05) is 0 Å². The lowest BCUT2D eigenvalue weighted by Gasteiger charge is -2.28. The number of nitrogens with one attached hydrogen (secondary N) is 1. The van der Waals surface area contributed by atoms with E-state index in [1.54, 1.807) is 24.3 Å². The molecule has 0 saturated carbocycles. The van der Waals surface area contributed by atoms with Crippen molar-refractivity contribution in [2.75, 3.05) is 20.3 Å². The van der Waals surface area contributed by atoms with Gasteiger partial charge in [-0.3, -0.25) is 4.79 Å². The van der Waals surface area contributed by atoms with Crippen molar-refractivity contribution in [3.63, 3.8) is 0 Å². The van der Waals surface area contributed by atoms with E-state index in [1.165, 1.54) is 7.11 Å². The highest BCUT2D eigenvalue weighted by Crippen LogP contribution is 2.16. The van der Waals surface area contributed by atoms with Crippen LogP contribution in [0.3, 0.4) is 0 Å². The second-order valence-electron chi connectivity index (χ2n) is 4.93. The van der Waals surface area contributed by atoms with Gasteiger partial charge in [0.25, 0.3) is 5.91 Å². The zero-order chi connectivity index (χ0) is 15.9. The molecule has 0 spiro atoms. The molecular weight excluding hydrogens is 310 g/mol. The highest BCUT2D eigenvalue weighted by Gasteiger charge is 2.28. The number of methoxy groups -OCH3 is 1. The van der Waals surface area contributed by atoms with Gasteiger partial charge >= 0.3 is 5.97 Å². The molecule has 2 rings (SSSR count). The van der Waals surface area contributed by atoms with Gasteiger partial charge in [-0.2, -0.15) is 0 Å². The van der Waals surface area contributed by atoms with Crippen LogP contribution in [0, 0.1) is 0 Å². The molecule has 1 heterocycles. The van der Waals surface area contributed by atoms with Crippen molar-refractivity contribution < 1.29 is 23.8 Å². The molecule has 1 amide bonds. The van der Waals surface area contributed by atoms with Gasteiger partial charge in [0, 0.05) is 5.02 Å². The number of carbonyl (C=O) groups is 2. The van der Waals surface area contributed by atoms with Crippen LogP contribution in [0.25, 0.3) is 0 Å². The summed E-state index contributed by atoms with van der Waals surface area (Å²) in [5.74, 6) is -0.0406. The van der Waals surface area contributed by atoms with Crippen LogP contribution >= 0.6 is 11.6 Å². The summed E-state index contributed by atoms with van der Waals surface area (Å²) >= 11 is 5.77. The third-order valence-electron chi connectivity index (χ3n) is 3.29. The lowest BCUT2D eigenvalue weighted by molar-refractivity contribution is -0.157. The third kappa shape index (κ3) is 4.89. The maximum absolute atomic E-state index is 11.8. The lowest BCUT2D eigenvalue weighted by atomic mass is 10.1. The lowest BCUT2D eigenvalue weighted by Crippen LogP contribution is -2.46. The molecule has 1 saturated heterocycles. The Morgan fingerprint density at radius 2 is 2.05 bits per heavy atom. The summed E-state index contributed by atoms with van der Waals surface area (Å²) in [5.41, 5.74) is 0. The third-order valence-corrected chi connectivity index (χ3v) is 3.54. The first-order valence-electron chi connectivity index (χ1n) is 6.95. The molecule has 1 aliphatic rings. The van der Waals surface area contributed by atoms with Crippen molar-refractivity contribution in [2.45, 2.75) is 25.0 Å². The van der Waals surface area contributed by atoms with Crippen molar-refractivity contribution in [3.8, 4) is 5.75 Å². The Morgan fingerprint density at radius 3 is 2.64 bits per heavy atom. The molecule has 0 radical (unpaired) electrons. The van der Waals surface area contributed by atoms with E-state index >= 15 is 0 Å². The minimum absolute atomic E-state index is 0.0848. The molecule has 1 N–H and O–H groups in total. The second-order valence-corrected chi connectivity index (χ2v) is 5.37. The predicted octanol–water partition coefficient (Wildman–Crippen LogP) is 1.56. The van der Waals surface area contributed by atoms with Crippen LogP contribution in [0.4, 0.5) is 0 Å². The number of hydrogen-bond donors (Lipinski definition) is 1. The van der Waals surface area contributed by atoms with Crippen LogP contribution in [0.1, 0.15) is 12.8 Å². The number of rotatable bonds is 5. The number of benzene rings is 1. The first kappa shape index (κ1) is 16.6. The number of ether oxygens (including phenoxy) is 3. The van der Waals surface area contributed by atoms with E-state index in [2.05, 4.69) is 10.1 Å². The van der Waals surface area contributed by atoms with Gasteiger partial charge in [0.2, 0.25) is 0 Å². The standard InChI is InChI=1S/C15H18ClNO5/c1-20-15(19)13-7-4-11(8-22-13)17-14(18)9-21-12-5-2-10(16)3-6-12/h2-3,5-6,11,13H,4,7-9H2,1H3,(H,17,18)/t11-,13+/m0/s1. The van der Waals surface area contributed by atoms with Crippen LogP contribution in [0.5, 0.6) is 5.75 Å². The Hall–Kier alpha value is -1.79. The average molecular weight is 328 g/mol. The van der Waals surface area contributed by atoms with E-state index in [0.29, 0.717) is 23.6 Å². The molecule has 7 heteroatoms. The van der Waals surface area contributed by atoms with Crippen molar-refractivity contribution in [1.29, 1.82) is 0 Å². The van der Waals surface area contributed by atoms with Gasteiger partial charge in [0.1, 0.15) is 5.75 Å². The summed E-state index contributed by atoms with van der Waals surface area (Å²) in [5, 5.41) is 3.42. The SMILES string of the molecule is COC(=O)[C@H]1CC[C@H](NC(=O)COc2ccc(Cl)cc2)CO1. The predicted molar refractivity (Wildman–Crippen MR) is 79.9 cm³/mol. The van der Waals surface area contributed by atoms with E-state index in [4.69, 9.17) is 21.1 Å². The Bertz CT molecular complexity index is 511. The molecule has 0 bridgehead atoms. The Kier molecular flexibility index (Phi) is 6.03. The van der Waals surface area contributed by atoms with Gasteiger partial charge in [-0.1, -0.05) is 11.6 Å². The normalized spacial score (nSPS) is 21.0. The van der Waals surface area contributed by atoms with Gasteiger partial charge < -0.3 is 19.5 Å². The van der Waals surface area contributed by atoms with E-state index in [-0.39, 0.29) is 31.1 Å². The largest absolute Gasteiger partial charge is 0.484 e. The fraction of sp³-hybridized carbons (Fsp3) is 0.467. The minimum atomic E-state index is -0.538. The smallest absolute Gasteiger partial charge is 0.334 e. The summed E-state index contributed by atoms with van der Waals surface area (Å²) in [6, 6.07) is 6.65. The zero-order valence-corrected chi connectivity index (χ0v) is 13.0. The molecule has 1 aromatic carbocycles. The van der Waals surface area contributed by atoms with Crippen LogP contribution in [0.2, 0.25) is 5.02 Å². The summed E-state index contributed by atoms with van der Waals surface area (Å²) < 4.78 is 15.4. The summed E-state index contributed by atoms with van der Waals surface area (Å²) in [6.45, 7) is 0.199. The van der Waals surface area contributed by atoms with Crippen LogP contribution in [-0.2, 0) is 19.1 Å². The monoisotopic (exact) mass is 327 g/mol. The van der Waals surface area contributed by atoms with Gasteiger partial charge in [-0.15, -0.1) is 0 Å². The van der Waals surface area contributed by atoms with Crippen molar-refractivity contribution in [2.24, 2.45) is 0 Å². The number of halogens is 1. The van der Waals surface area contributed by atoms with Crippen LogP contribution in [0.15, 0.2) is 24.3 Å². The highest BCUT2D eigenvalue weighted by molar-refractivity contribution is 6.30. The first-order valence-corrected chi connectivity index (χ1v) is 7.33. The van der Waals surface area contributed by atoms with Crippen LogP contribution in [-0.4, -0.2) is 44.3 Å². The maximum Gasteiger partial charge on any atom is 0.334 e. The topological polar surface area (TPSA) is 73.9 Å². The summed E-state index contributed by atoms with van der Waals surface area (Å²) in [7, 11) is 1.33. The molecule has 1 fully saturated rings. The second kappa shape index (κ2) is 8.00. The molecule has 1 aliphatic heterocycles. The first-order chi connectivity index (χ1) is 10.6. The number of carbonyl (C=O) groups excluding carboxylic acids is 2. The fourth-order valence-electron chi connectivity index (χ4n) is 2.13. The average Bonchev–Trinajstić information content (AvgIpc) is 2.54. The van der Waals surface area contributed by atoms with Gasteiger partial charge in [0.15, 0.2) is 12.7 Å². The molecular formula is C15H18ClNO5. The Balaban J connectivity index is 1.69. The number of esters is 1. The summed E-state index contributed by atoms with van der Waals surface area (Å²) in [4.78, 5) is 23.1. The number of hydrogen-bond acceptors (Lipinski definition) is 5. The van der Waals surface area contributed by atoms with Crippen LogP contribution < -0.4 is 10.1 Å². The molecule has 6 nitrogen and oxygen atoms in total. The molecule has 0 aromatic heterocycles.